The van der Waals surface area contributed by atoms with Gasteiger partial charge in [0.05, 0.1) is 0 Å². The second-order valence-electron chi connectivity index (χ2n) is 6.32. The van der Waals surface area contributed by atoms with Gasteiger partial charge in [0.2, 0.25) is 5.91 Å². The van der Waals surface area contributed by atoms with E-state index >= 15 is 0 Å². The maximum atomic E-state index is 12.4. The molecule has 3 nitrogen and oxygen atoms in total. The number of rotatable bonds is 6. The lowest BCUT2D eigenvalue weighted by Crippen LogP contribution is -2.31. The van der Waals surface area contributed by atoms with Gasteiger partial charge in [0.25, 0.3) is 0 Å². The third-order valence-corrected chi connectivity index (χ3v) is 4.50. The first-order chi connectivity index (χ1) is 10.1. The van der Waals surface area contributed by atoms with Crippen molar-refractivity contribution < 1.29 is 4.79 Å². The second-order valence-corrected chi connectivity index (χ2v) is 6.32. The highest BCUT2D eigenvalue weighted by Crippen LogP contribution is 2.28. The van der Waals surface area contributed by atoms with Gasteiger partial charge in [-0.05, 0) is 43.4 Å². The highest BCUT2D eigenvalue weighted by molar-refractivity contribution is 5.76. The molecule has 0 saturated heterocycles. The molecule has 1 aromatic rings. The molecule has 1 aromatic carbocycles. The number of benzene rings is 1. The molecule has 0 heterocycles. The molecular formula is C18H28N2O. The summed E-state index contributed by atoms with van der Waals surface area (Å²) in [5.41, 5.74) is 2.40. The molecule has 21 heavy (non-hydrogen) atoms. The highest BCUT2D eigenvalue weighted by Gasteiger charge is 2.21. The summed E-state index contributed by atoms with van der Waals surface area (Å²) in [6, 6.07) is 8.48. The number of anilines is 1. The maximum absolute atomic E-state index is 12.4. The van der Waals surface area contributed by atoms with E-state index in [-0.39, 0.29) is 0 Å². The molecule has 0 aliphatic heterocycles. The van der Waals surface area contributed by atoms with E-state index in [0.717, 1.165) is 19.5 Å². The van der Waals surface area contributed by atoms with Crippen LogP contribution in [0.1, 0.15) is 44.6 Å². The van der Waals surface area contributed by atoms with Crippen molar-refractivity contribution in [2.24, 2.45) is 5.92 Å². The van der Waals surface area contributed by atoms with E-state index in [0.29, 0.717) is 11.8 Å². The molecule has 1 saturated carbocycles. The minimum Gasteiger partial charge on any atom is -0.378 e. The van der Waals surface area contributed by atoms with Crippen LogP contribution in [0.15, 0.2) is 24.3 Å². The molecule has 0 bridgehead atoms. The topological polar surface area (TPSA) is 23.6 Å². The van der Waals surface area contributed by atoms with Crippen LogP contribution in [0.25, 0.3) is 0 Å². The molecule has 0 atom stereocenters. The lowest BCUT2D eigenvalue weighted by molar-refractivity contribution is -0.132. The Labute approximate surface area is 128 Å². The van der Waals surface area contributed by atoms with Crippen LogP contribution < -0.4 is 4.90 Å². The van der Waals surface area contributed by atoms with Crippen molar-refractivity contribution in [2.75, 3.05) is 25.5 Å². The third-order valence-electron chi connectivity index (χ3n) is 4.50. The molecule has 0 unspecified atom stereocenters. The molecule has 1 aliphatic rings. The molecule has 1 amide bonds. The first-order valence-corrected chi connectivity index (χ1v) is 8.14. The Kier molecular flexibility index (Phi) is 5.66. The van der Waals surface area contributed by atoms with Crippen LogP contribution in [0.4, 0.5) is 5.69 Å². The smallest absolute Gasteiger partial charge is 0.223 e. The van der Waals surface area contributed by atoms with Gasteiger partial charge in [-0.25, -0.2) is 0 Å². The summed E-state index contributed by atoms with van der Waals surface area (Å²) in [5, 5.41) is 0. The van der Waals surface area contributed by atoms with Crippen LogP contribution in [-0.2, 0) is 11.3 Å². The second kappa shape index (κ2) is 7.48. The van der Waals surface area contributed by atoms with E-state index in [1.807, 2.05) is 19.0 Å². The molecule has 0 spiro atoms. The van der Waals surface area contributed by atoms with E-state index in [1.54, 1.807) is 0 Å². The molecular weight excluding hydrogens is 260 g/mol. The summed E-state index contributed by atoms with van der Waals surface area (Å²) in [6.07, 6.45) is 5.82. The summed E-state index contributed by atoms with van der Waals surface area (Å²) in [5.74, 6) is 0.948. The Hall–Kier alpha value is -1.51. The van der Waals surface area contributed by atoms with Crippen LogP contribution >= 0.6 is 0 Å². The standard InChI is InChI=1S/C18H28N2O/c1-4-20(18(21)13-15-7-5-6-8-15)14-16-9-11-17(12-10-16)19(2)3/h9-12,15H,4-8,13-14H2,1-3H3. The van der Waals surface area contributed by atoms with Crippen LogP contribution in [0.3, 0.4) is 0 Å². The first-order valence-electron chi connectivity index (χ1n) is 8.14. The fourth-order valence-corrected chi connectivity index (χ4v) is 3.09. The number of hydrogen-bond acceptors (Lipinski definition) is 2. The van der Waals surface area contributed by atoms with E-state index < -0.39 is 0 Å². The summed E-state index contributed by atoms with van der Waals surface area (Å²) >= 11 is 0. The Bertz CT molecular complexity index is 447. The summed E-state index contributed by atoms with van der Waals surface area (Å²) in [7, 11) is 4.08. The number of carbonyl (C=O) groups is 1. The molecule has 0 aromatic heterocycles. The van der Waals surface area contributed by atoms with Crippen molar-refractivity contribution >= 4 is 11.6 Å². The van der Waals surface area contributed by atoms with Crippen molar-refractivity contribution in [3.63, 3.8) is 0 Å². The van der Waals surface area contributed by atoms with E-state index in [9.17, 15) is 4.79 Å². The van der Waals surface area contributed by atoms with Gasteiger partial charge >= 0.3 is 0 Å². The predicted octanol–water partition coefficient (Wildman–Crippen LogP) is 3.68. The number of nitrogens with zero attached hydrogens (tertiary/aromatic N) is 2. The van der Waals surface area contributed by atoms with Gasteiger partial charge in [-0.15, -0.1) is 0 Å². The van der Waals surface area contributed by atoms with Gasteiger partial charge in [0, 0.05) is 39.3 Å². The van der Waals surface area contributed by atoms with Crippen molar-refractivity contribution in [1.82, 2.24) is 4.90 Å². The molecule has 2 rings (SSSR count). The lowest BCUT2D eigenvalue weighted by atomic mass is 10.0. The zero-order chi connectivity index (χ0) is 15.2. The van der Waals surface area contributed by atoms with Crippen molar-refractivity contribution in [1.29, 1.82) is 0 Å². The molecule has 0 radical (unpaired) electrons. The fraction of sp³-hybridized carbons (Fsp3) is 0.611. The molecule has 3 heteroatoms. The highest BCUT2D eigenvalue weighted by atomic mass is 16.2. The quantitative estimate of drug-likeness (QED) is 0.797. The summed E-state index contributed by atoms with van der Waals surface area (Å²) in [6.45, 7) is 3.59. The van der Waals surface area contributed by atoms with Gasteiger partial charge in [0.1, 0.15) is 0 Å². The molecule has 116 valence electrons. The number of hydrogen-bond donors (Lipinski definition) is 0. The van der Waals surface area contributed by atoms with Gasteiger partial charge in [-0.3, -0.25) is 4.79 Å². The van der Waals surface area contributed by atoms with Gasteiger partial charge in [0.15, 0.2) is 0 Å². The Morgan fingerprint density at radius 2 is 1.76 bits per heavy atom. The minimum absolute atomic E-state index is 0.320. The van der Waals surface area contributed by atoms with Gasteiger partial charge in [-0.2, -0.15) is 0 Å². The van der Waals surface area contributed by atoms with Crippen molar-refractivity contribution in [3.05, 3.63) is 29.8 Å². The number of carbonyl (C=O) groups excluding carboxylic acids is 1. The zero-order valence-electron chi connectivity index (χ0n) is 13.6. The van der Waals surface area contributed by atoms with E-state index in [4.69, 9.17) is 0 Å². The fourth-order valence-electron chi connectivity index (χ4n) is 3.09. The Morgan fingerprint density at radius 3 is 2.29 bits per heavy atom. The predicted molar refractivity (Wildman–Crippen MR) is 88.4 cm³/mol. The largest absolute Gasteiger partial charge is 0.378 e. The van der Waals surface area contributed by atoms with Crippen molar-refractivity contribution in [3.8, 4) is 0 Å². The van der Waals surface area contributed by atoms with Crippen LogP contribution in [0.5, 0.6) is 0 Å². The van der Waals surface area contributed by atoms with Gasteiger partial charge in [-0.1, -0.05) is 25.0 Å². The van der Waals surface area contributed by atoms with Gasteiger partial charge < -0.3 is 9.80 Å². The molecule has 1 aliphatic carbocycles. The number of amides is 1. The lowest BCUT2D eigenvalue weighted by Gasteiger charge is -2.23. The Morgan fingerprint density at radius 1 is 1.14 bits per heavy atom. The summed E-state index contributed by atoms with van der Waals surface area (Å²) < 4.78 is 0. The van der Waals surface area contributed by atoms with Crippen molar-refractivity contribution in [2.45, 2.75) is 45.6 Å². The average molecular weight is 288 g/mol. The van der Waals surface area contributed by atoms with Crippen LogP contribution in [-0.4, -0.2) is 31.4 Å². The SMILES string of the molecule is CCN(Cc1ccc(N(C)C)cc1)C(=O)CC1CCCC1. The first kappa shape index (κ1) is 15.9. The Balaban J connectivity index is 1.92. The van der Waals surface area contributed by atoms with E-state index in [2.05, 4.69) is 36.1 Å². The maximum Gasteiger partial charge on any atom is 0.223 e. The monoisotopic (exact) mass is 288 g/mol. The van der Waals surface area contributed by atoms with Crippen LogP contribution in [0, 0.1) is 5.92 Å². The zero-order valence-corrected chi connectivity index (χ0v) is 13.6. The minimum atomic E-state index is 0.320. The third kappa shape index (κ3) is 4.48. The van der Waals surface area contributed by atoms with E-state index in [1.165, 1.54) is 36.9 Å². The summed E-state index contributed by atoms with van der Waals surface area (Å²) in [4.78, 5) is 16.5. The average Bonchev–Trinajstić information content (AvgIpc) is 2.98. The normalized spacial score (nSPS) is 15.2. The molecule has 0 N–H and O–H groups in total. The molecule has 1 fully saturated rings. The van der Waals surface area contributed by atoms with Crippen LogP contribution in [0.2, 0.25) is 0 Å².